The molecule has 4 aliphatic rings. The topological polar surface area (TPSA) is 36.0 Å². The predicted molar refractivity (Wildman–Crippen MR) is 124 cm³/mol. The molecule has 4 fully saturated rings. The molecular formula is C26H39N3O2. The Bertz CT molecular complexity index is 717. The molecule has 31 heavy (non-hydrogen) atoms. The van der Waals surface area contributed by atoms with Gasteiger partial charge in [0.05, 0.1) is 5.60 Å². The first-order chi connectivity index (χ1) is 15.2. The molecule has 1 aliphatic carbocycles. The highest BCUT2D eigenvalue weighted by atomic mass is 16.5. The van der Waals surface area contributed by atoms with Gasteiger partial charge in [-0.15, -0.1) is 0 Å². The number of carbonyl (C=O) groups is 1. The van der Waals surface area contributed by atoms with E-state index < -0.39 is 0 Å². The van der Waals surface area contributed by atoms with Gasteiger partial charge in [-0.2, -0.15) is 0 Å². The van der Waals surface area contributed by atoms with Crippen LogP contribution in [0.1, 0.15) is 57.8 Å². The van der Waals surface area contributed by atoms with E-state index in [-0.39, 0.29) is 5.60 Å². The zero-order valence-corrected chi connectivity index (χ0v) is 19.0. The van der Waals surface area contributed by atoms with Gasteiger partial charge in [0, 0.05) is 64.0 Å². The summed E-state index contributed by atoms with van der Waals surface area (Å²) in [6.07, 6.45) is 10.2. The van der Waals surface area contributed by atoms with Crippen molar-refractivity contribution in [1.82, 2.24) is 9.80 Å². The van der Waals surface area contributed by atoms with Crippen LogP contribution >= 0.6 is 0 Å². The lowest BCUT2D eigenvalue weighted by Crippen LogP contribution is -2.57. The van der Waals surface area contributed by atoms with Crippen LogP contribution in [0, 0.1) is 5.92 Å². The SMILES string of the molecule is O=C(CC1CCCC1)N1CCC2(CC1)C[C@@H](N1CCN(c3ccccc3)CC1)CCO2. The normalized spacial score (nSPS) is 27.7. The molecule has 3 heterocycles. The third kappa shape index (κ3) is 4.93. The predicted octanol–water partition coefficient (Wildman–Crippen LogP) is 3.93. The molecule has 5 nitrogen and oxygen atoms in total. The van der Waals surface area contributed by atoms with Crippen molar-refractivity contribution in [1.29, 1.82) is 0 Å². The van der Waals surface area contributed by atoms with Crippen LogP contribution in [-0.4, -0.2) is 73.2 Å². The number of para-hydroxylation sites is 1. The largest absolute Gasteiger partial charge is 0.375 e. The number of benzene rings is 1. The van der Waals surface area contributed by atoms with E-state index in [0.29, 0.717) is 17.9 Å². The fourth-order valence-corrected chi connectivity index (χ4v) is 6.40. The average molecular weight is 426 g/mol. The monoisotopic (exact) mass is 425 g/mol. The molecular weight excluding hydrogens is 386 g/mol. The minimum Gasteiger partial charge on any atom is -0.375 e. The van der Waals surface area contributed by atoms with Crippen molar-refractivity contribution in [2.45, 2.75) is 69.4 Å². The van der Waals surface area contributed by atoms with Gasteiger partial charge in [0.25, 0.3) is 0 Å². The lowest BCUT2D eigenvalue weighted by molar-refractivity contribution is -0.150. The number of ether oxygens (including phenoxy) is 1. The van der Waals surface area contributed by atoms with E-state index in [9.17, 15) is 4.79 Å². The Morgan fingerprint density at radius 3 is 2.35 bits per heavy atom. The minimum absolute atomic E-state index is 0.00359. The van der Waals surface area contributed by atoms with Crippen LogP contribution in [0.3, 0.4) is 0 Å². The second-order valence-corrected chi connectivity index (χ2v) is 10.3. The number of piperazine rings is 1. The summed E-state index contributed by atoms with van der Waals surface area (Å²) < 4.78 is 6.40. The maximum absolute atomic E-state index is 12.8. The van der Waals surface area contributed by atoms with Crippen LogP contribution < -0.4 is 4.90 Å². The number of hydrogen-bond acceptors (Lipinski definition) is 4. The Balaban J connectivity index is 1.11. The molecule has 1 aromatic carbocycles. The molecule has 1 spiro atoms. The first kappa shape index (κ1) is 21.3. The number of rotatable bonds is 4. The molecule has 3 saturated heterocycles. The van der Waals surface area contributed by atoms with E-state index in [1.54, 1.807) is 0 Å². The van der Waals surface area contributed by atoms with Gasteiger partial charge in [-0.1, -0.05) is 31.0 Å². The highest BCUT2D eigenvalue weighted by Crippen LogP contribution is 2.38. The van der Waals surface area contributed by atoms with E-state index in [1.807, 2.05) is 0 Å². The van der Waals surface area contributed by atoms with Gasteiger partial charge in [-0.25, -0.2) is 0 Å². The first-order valence-corrected chi connectivity index (χ1v) is 12.7. The summed E-state index contributed by atoms with van der Waals surface area (Å²) in [7, 11) is 0. The molecule has 1 saturated carbocycles. The Hall–Kier alpha value is -1.59. The van der Waals surface area contributed by atoms with Gasteiger partial charge in [-0.05, 0) is 56.6 Å². The number of piperidine rings is 1. The number of nitrogens with zero attached hydrogens (tertiary/aromatic N) is 3. The van der Waals surface area contributed by atoms with Gasteiger partial charge in [-0.3, -0.25) is 9.69 Å². The molecule has 3 aliphatic heterocycles. The first-order valence-electron chi connectivity index (χ1n) is 12.7. The van der Waals surface area contributed by atoms with Crippen molar-refractivity contribution in [3.05, 3.63) is 30.3 Å². The molecule has 5 rings (SSSR count). The molecule has 0 unspecified atom stereocenters. The summed E-state index contributed by atoms with van der Waals surface area (Å²) in [4.78, 5) is 20.1. The fourth-order valence-electron chi connectivity index (χ4n) is 6.40. The summed E-state index contributed by atoms with van der Waals surface area (Å²) in [5, 5.41) is 0. The summed E-state index contributed by atoms with van der Waals surface area (Å²) in [5.74, 6) is 1.04. The molecule has 1 atom stereocenters. The van der Waals surface area contributed by atoms with Crippen molar-refractivity contribution >= 4 is 11.6 Å². The number of amides is 1. The van der Waals surface area contributed by atoms with Gasteiger partial charge >= 0.3 is 0 Å². The standard InChI is InChI=1S/C26H39N3O2/c30-25(20-22-6-4-5-7-22)29-13-11-26(12-14-29)21-24(10-19-31-26)28-17-15-27(16-18-28)23-8-2-1-3-9-23/h1-3,8-9,22,24H,4-7,10-21H2/t24-/m0/s1. The van der Waals surface area contributed by atoms with E-state index >= 15 is 0 Å². The van der Waals surface area contributed by atoms with Crippen LogP contribution in [0.15, 0.2) is 30.3 Å². The van der Waals surface area contributed by atoms with Crippen LogP contribution in [0.5, 0.6) is 0 Å². The molecule has 1 aromatic rings. The highest BCUT2D eigenvalue weighted by Gasteiger charge is 2.43. The maximum atomic E-state index is 12.8. The van der Waals surface area contributed by atoms with Gasteiger partial charge < -0.3 is 14.5 Å². The van der Waals surface area contributed by atoms with E-state index in [2.05, 4.69) is 45.0 Å². The molecule has 1 amide bonds. The fraction of sp³-hybridized carbons (Fsp3) is 0.731. The van der Waals surface area contributed by atoms with Crippen LogP contribution in [0.4, 0.5) is 5.69 Å². The molecule has 170 valence electrons. The summed E-state index contributed by atoms with van der Waals surface area (Å²) in [6, 6.07) is 11.4. The average Bonchev–Trinajstić information content (AvgIpc) is 3.33. The lowest BCUT2D eigenvalue weighted by Gasteiger charge is -2.50. The number of likely N-dealkylation sites (tertiary alicyclic amines) is 1. The minimum atomic E-state index is 0.00359. The third-order valence-electron chi connectivity index (χ3n) is 8.38. The van der Waals surface area contributed by atoms with Crippen molar-refractivity contribution in [2.24, 2.45) is 5.92 Å². The molecule has 0 aromatic heterocycles. The van der Waals surface area contributed by atoms with Crippen molar-refractivity contribution in [3.8, 4) is 0 Å². The number of anilines is 1. The third-order valence-corrected chi connectivity index (χ3v) is 8.38. The lowest BCUT2D eigenvalue weighted by atomic mass is 9.81. The van der Waals surface area contributed by atoms with Crippen molar-refractivity contribution in [2.75, 3.05) is 50.8 Å². The van der Waals surface area contributed by atoms with E-state index in [1.165, 1.54) is 31.4 Å². The maximum Gasteiger partial charge on any atom is 0.222 e. The number of carbonyl (C=O) groups excluding carboxylic acids is 1. The Labute approximate surface area is 187 Å². The van der Waals surface area contributed by atoms with E-state index in [0.717, 1.165) is 78.0 Å². The molecule has 0 radical (unpaired) electrons. The van der Waals surface area contributed by atoms with Crippen LogP contribution in [0.2, 0.25) is 0 Å². The molecule has 0 bridgehead atoms. The summed E-state index contributed by atoms with van der Waals surface area (Å²) in [5.41, 5.74) is 1.35. The van der Waals surface area contributed by atoms with Crippen LogP contribution in [0.25, 0.3) is 0 Å². The highest BCUT2D eigenvalue weighted by molar-refractivity contribution is 5.76. The smallest absolute Gasteiger partial charge is 0.222 e. The Morgan fingerprint density at radius 1 is 0.935 bits per heavy atom. The summed E-state index contributed by atoms with van der Waals surface area (Å²) in [6.45, 7) is 7.15. The van der Waals surface area contributed by atoms with Gasteiger partial charge in [0.2, 0.25) is 5.91 Å². The molecule has 0 N–H and O–H groups in total. The summed E-state index contributed by atoms with van der Waals surface area (Å²) >= 11 is 0. The Kier molecular flexibility index (Phi) is 6.51. The van der Waals surface area contributed by atoms with Crippen molar-refractivity contribution in [3.63, 3.8) is 0 Å². The van der Waals surface area contributed by atoms with Gasteiger partial charge in [0.15, 0.2) is 0 Å². The zero-order chi connectivity index (χ0) is 21.1. The second-order valence-electron chi connectivity index (χ2n) is 10.3. The zero-order valence-electron chi connectivity index (χ0n) is 19.0. The van der Waals surface area contributed by atoms with Crippen LogP contribution in [-0.2, 0) is 9.53 Å². The second kappa shape index (κ2) is 9.50. The number of hydrogen-bond donors (Lipinski definition) is 0. The quantitative estimate of drug-likeness (QED) is 0.732. The Morgan fingerprint density at radius 2 is 1.65 bits per heavy atom. The van der Waals surface area contributed by atoms with Gasteiger partial charge in [0.1, 0.15) is 0 Å². The molecule has 5 heteroatoms. The van der Waals surface area contributed by atoms with Crippen molar-refractivity contribution < 1.29 is 9.53 Å². The van der Waals surface area contributed by atoms with E-state index in [4.69, 9.17) is 4.74 Å².